The summed E-state index contributed by atoms with van der Waals surface area (Å²) in [4.78, 5) is 30.2. The molecule has 0 bridgehead atoms. The molecule has 0 saturated heterocycles. The third-order valence-electron chi connectivity index (χ3n) is 2.41. The van der Waals surface area contributed by atoms with Gasteiger partial charge in [-0.15, -0.1) is 0 Å². The van der Waals surface area contributed by atoms with Gasteiger partial charge in [0.05, 0.1) is 12.3 Å². The van der Waals surface area contributed by atoms with Crippen LogP contribution in [-0.4, -0.2) is 28.5 Å². The predicted molar refractivity (Wildman–Crippen MR) is 76.6 cm³/mol. The maximum atomic E-state index is 12.0. The zero-order valence-corrected chi connectivity index (χ0v) is 12.2. The number of halogens is 1. The smallest absolute Gasteiger partial charge is 0.354 e. The molecule has 7 heteroatoms. The summed E-state index contributed by atoms with van der Waals surface area (Å²) < 4.78 is 5.44. The molecular formula is C13H12BrN3O3. The number of ether oxygens (including phenoxy) is 1. The normalized spacial score (nSPS) is 10.1. The molecule has 0 spiro atoms. The van der Waals surface area contributed by atoms with Gasteiger partial charge in [-0.2, -0.15) is 0 Å². The summed E-state index contributed by atoms with van der Waals surface area (Å²) in [5.74, 6) is -0.834. The Labute approximate surface area is 123 Å². The number of aromatic nitrogens is 2. The van der Waals surface area contributed by atoms with Gasteiger partial charge in [-0.1, -0.05) is 0 Å². The Morgan fingerprint density at radius 3 is 3.00 bits per heavy atom. The van der Waals surface area contributed by atoms with Crippen molar-refractivity contribution < 1.29 is 14.3 Å². The van der Waals surface area contributed by atoms with Gasteiger partial charge in [0.15, 0.2) is 0 Å². The van der Waals surface area contributed by atoms with Crippen LogP contribution in [0.25, 0.3) is 0 Å². The zero-order valence-electron chi connectivity index (χ0n) is 10.6. The van der Waals surface area contributed by atoms with E-state index in [1.54, 1.807) is 19.1 Å². The molecule has 0 saturated carbocycles. The molecule has 2 N–H and O–H groups in total. The van der Waals surface area contributed by atoms with Crippen molar-refractivity contribution in [3.63, 3.8) is 0 Å². The third-order valence-corrected chi connectivity index (χ3v) is 3.05. The Bertz CT molecular complexity index is 639. The molecule has 0 unspecified atom stereocenters. The standard InChI is InChI=1S/C13H12BrN3O3/c1-2-20-13(19)10-6-8(7-16-10)17-12(18)11-9(14)4-3-5-15-11/h3-7,16H,2H2,1H3,(H,17,18). The van der Waals surface area contributed by atoms with E-state index in [4.69, 9.17) is 4.74 Å². The van der Waals surface area contributed by atoms with Gasteiger partial charge < -0.3 is 15.0 Å². The number of esters is 1. The monoisotopic (exact) mass is 337 g/mol. The van der Waals surface area contributed by atoms with Crippen molar-refractivity contribution in [2.24, 2.45) is 0 Å². The van der Waals surface area contributed by atoms with E-state index in [9.17, 15) is 9.59 Å². The van der Waals surface area contributed by atoms with Crippen molar-refractivity contribution in [3.05, 3.63) is 46.5 Å². The molecule has 2 aromatic heterocycles. The molecule has 0 radical (unpaired) electrons. The van der Waals surface area contributed by atoms with E-state index < -0.39 is 5.97 Å². The lowest BCUT2D eigenvalue weighted by molar-refractivity contribution is 0.0520. The van der Waals surface area contributed by atoms with Crippen molar-refractivity contribution in [3.8, 4) is 0 Å². The number of H-pyrrole nitrogens is 1. The number of aromatic amines is 1. The van der Waals surface area contributed by atoms with Crippen LogP contribution >= 0.6 is 15.9 Å². The lowest BCUT2D eigenvalue weighted by atomic mass is 10.3. The number of carbonyl (C=O) groups is 2. The minimum atomic E-state index is -0.466. The van der Waals surface area contributed by atoms with Gasteiger partial charge in [-0.25, -0.2) is 9.78 Å². The largest absolute Gasteiger partial charge is 0.461 e. The second-order valence-corrected chi connectivity index (χ2v) is 4.66. The lowest BCUT2D eigenvalue weighted by Crippen LogP contribution is -2.13. The highest BCUT2D eigenvalue weighted by molar-refractivity contribution is 9.10. The van der Waals surface area contributed by atoms with Gasteiger partial charge in [-0.3, -0.25) is 4.79 Å². The van der Waals surface area contributed by atoms with Crippen molar-refractivity contribution in [2.75, 3.05) is 11.9 Å². The zero-order chi connectivity index (χ0) is 14.5. The van der Waals surface area contributed by atoms with Crippen LogP contribution in [0.4, 0.5) is 5.69 Å². The highest BCUT2D eigenvalue weighted by atomic mass is 79.9. The molecule has 0 atom stereocenters. The Balaban J connectivity index is 2.09. The number of hydrogen-bond acceptors (Lipinski definition) is 4. The third kappa shape index (κ3) is 3.24. The number of carbonyl (C=O) groups excluding carboxylic acids is 2. The first-order valence-corrected chi connectivity index (χ1v) is 6.68. The van der Waals surface area contributed by atoms with Crippen LogP contribution in [0, 0.1) is 0 Å². The van der Waals surface area contributed by atoms with Gasteiger partial charge in [0.1, 0.15) is 11.4 Å². The number of nitrogens with one attached hydrogen (secondary N) is 2. The number of rotatable bonds is 4. The maximum absolute atomic E-state index is 12.0. The molecule has 0 aromatic carbocycles. The fourth-order valence-corrected chi connectivity index (χ4v) is 1.97. The Morgan fingerprint density at radius 1 is 1.50 bits per heavy atom. The molecule has 20 heavy (non-hydrogen) atoms. The van der Waals surface area contributed by atoms with E-state index in [1.807, 2.05) is 0 Å². The molecule has 0 fully saturated rings. The molecule has 1 amide bonds. The highest BCUT2D eigenvalue weighted by Gasteiger charge is 2.14. The molecule has 2 rings (SSSR count). The summed E-state index contributed by atoms with van der Waals surface area (Å²) in [6.07, 6.45) is 3.04. The van der Waals surface area contributed by atoms with E-state index in [1.165, 1.54) is 18.5 Å². The molecule has 0 aliphatic heterocycles. The van der Waals surface area contributed by atoms with E-state index in [0.717, 1.165) is 0 Å². The van der Waals surface area contributed by atoms with E-state index in [-0.39, 0.29) is 17.3 Å². The van der Waals surface area contributed by atoms with E-state index in [0.29, 0.717) is 16.8 Å². The number of nitrogens with zero attached hydrogens (tertiary/aromatic N) is 1. The lowest BCUT2D eigenvalue weighted by Gasteiger charge is -2.03. The first kappa shape index (κ1) is 14.3. The summed E-state index contributed by atoms with van der Waals surface area (Å²) in [6.45, 7) is 2.02. The summed E-state index contributed by atoms with van der Waals surface area (Å²) >= 11 is 3.25. The molecule has 0 aliphatic carbocycles. The van der Waals surface area contributed by atoms with Crippen molar-refractivity contribution in [2.45, 2.75) is 6.92 Å². The van der Waals surface area contributed by atoms with E-state index >= 15 is 0 Å². The quantitative estimate of drug-likeness (QED) is 0.840. The van der Waals surface area contributed by atoms with Crippen LogP contribution in [-0.2, 0) is 4.74 Å². The molecule has 6 nitrogen and oxygen atoms in total. The molecule has 104 valence electrons. The van der Waals surface area contributed by atoms with Gasteiger partial charge in [-0.05, 0) is 41.1 Å². The summed E-state index contributed by atoms with van der Waals surface area (Å²) in [6, 6.07) is 4.95. The van der Waals surface area contributed by atoms with Crippen molar-refractivity contribution in [1.82, 2.24) is 9.97 Å². The van der Waals surface area contributed by atoms with Gasteiger partial charge in [0.25, 0.3) is 5.91 Å². The van der Waals surface area contributed by atoms with Gasteiger partial charge in [0, 0.05) is 16.9 Å². The number of anilines is 1. The average Bonchev–Trinajstić information content (AvgIpc) is 2.88. The maximum Gasteiger partial charge on any atom is 0.354 e. The van der Waals surface area contributed by atoms with Crippen LogP contribution in [0.3, 0.4) is 0 Å². The number of hydrogen-bond donors (Lipinski definition) is 2. The van der Waals surface area contributed by atoms with Gasteiger partial charge >= 0.3 is 5.97 Å². The topological polar surface area (TPSA) is 84.1 Å². The first-order chi connectivity index (χ1) is 9.61. The second-order valence-electron chi connectivity index (χ2n) is 3.81. The number of pyridine rings is 1. The fraction of sp³-hybridized carbons (Fsp3) is 0.154. The Kier molecular flexibility index (Phi) is 4.52. The Hall–Kier alpha value is -2.15. The molecular weight excluding hydrogens is 326 g/mol. The summed E-state index contributed by atoms with van der Waals surface area (Å²) in [7, 11) is 0. The molecule has 2 heterocycles. The number of amides is 1. The Morgan fingerprint density at radius 2 is 2.30 bits per heavy atom. The van der Waals surface area contributed by atoms with Gasteiger partial charge in [0.2, 0.25) is 0 Å². The highest BCUT2D eigenvalue weighted by Crippen LogP contribution is 2.16. The molecule has 2 aromatic rings. The minimum Gasteiger partial charge on any atom is -0.461 e. The average molecular weight is 338 g/mol. The molecule has 0 aliphatic rings. The van der Waals surface area contributed by atoms with Crippen molar-refractivity contribution >= 4 is 33.5 Å². The minimum absolute atomic E-state index is 0.270. The summed E-state index contributed by atoms with van der Waals surface area (Å²) in [5, 5.41) is 2.65. The fourth-order valence-electron chi connectivity index (χ4n) is 1.54. The second kappa shape index (κ2) is 6.33. The van der Waals surface area contributed by atoms with Crippen LogP contribution < -0.4 is 5.32 Å². The van der Waals surface area contributed by atoms with Crippen molar-refractivity contribution in [1.29, 1.82) is 0 Å². The van der Waals surface area contributed by atoms with Crippen LogP contribution in [0.15, 0.2) is 35.1 Å². The predicted octanol–water partition coefficient (Wildman–Crippen LogP) is 2.60. The summed E-state index contributed by atoms with van der Waals surface area (Å²) in [5.41, 5.74) is 1.02. The SMILES string of the molecule is CCOC(=O)c1cc(NC(=O)c2ncccc2Br)c[nH]1. The van der Waals surface area contributed by atoms with Crippen LogP contribution in [0.2, 0.25) is 0 Å². The van der Waals surface area contributed by atoms with Crippen LogP contribution in [0.1, 0.15) is 27.9 Å². The van der Waals surface area contributed by atoms with E-state index in [2.05, 4.69) is 31.2 Å². The first-order valence-electron chi connectivity index (χ1n) is 5.89. The van der Waals surface area contributed by atoms with Crippen LogP contribution in [0.5, 0.6) is 0 Å².